The molecule has 2 rings (SSSR count). The number of alkyl halides is 3. The fraction of sp³-hybridized carbons (Fsp3) is 0.649. The molecule has 0 bridgehead atoms. The van der Waals surface area contributed by atoms with Crippen LogP contribution in [0.15, 0.2) is 61.7 Å². The van der Waals surface area contributed by atoms with E-state index >= 15 is 0 Å². The summed E-state index contributed by atoms with van der Waals surface area (Å²) in [5, 5.41) is -0.437. The maximum atomic E-state index is 13.4. The highest BCUT2D eigenvalue weighted by Crippen LogP contribution is 2.46. The van der Waals surface area contributed by atoms with Gasteiger partial charge in [0.05, 0.1) is 18.3 Å². The number of halogens is 3. The molecule has 1 aromatic rings. The van der Waals surface area contributed by atoms with Gasteiger partial charge in [-0.2, -0.15) is 13.2 Å². The Labute approximate surface area is 283 Å². The summed E-state index contributed by atoms with van der Waals surface area (Å²) in [4.78, 5) is 24.0. The Morgan fingerprint density at radius 1 is 1.06 bits per heavy atom. The molecule has 266 valence electrons. The molecule has 0 radical (unpaired) electrons. The second-order valence-corrected chi connectivity index (χ2v) is 25.0. The Hall–Kier alpha value is -2.15. The highest BCUT2D eigenvalue weighted by atomic mass is 28.4. The Morgan fingerprint density at radius 2 is 1.72 bits per heavy atom. The first-order valence-electron chi connectivity index (χ1n) is 16.8. The molecule has 1 aliphatic carbocycles. The molecule has 5 nitrogen and oxygen atoms in total. The van der Waals surface area contributed by atoms with Crippen LogP contribution in [-0.2, 0) is 20.1 Å². The molecule has 1 aliphatic rings. The van der Waals surface area contributed by atoms with Gasteiger partial charge in [-0.15, -0.1) is 13.2 Å². The normalized spacial score (nSPS) is 21.9. The summed E-state index contributed by atoms with van der Waals surface area (Å²) in [5.41, 5.74) is -0.764. The maximum absolute atomic E-state index is 13.4. The molecule has 0 heterocycles. The lowest BCUT2D eigenvalue weighted by Gasteiger charge is -2.40. The molecule has 0 unspecified atom stereocenters. The molecule has 0 amide bonds. The number of carbonyl (C=O) groups is 1. The van der Waals surface area contributed by atoms with Crippen molar-refractivity contribution in [2.45, 2.75) is 128 Å². The highest BCUT2D eigenvalue weighted by molar-refractivity contribution is 6.74. The van der Waals surface area contributed by atoms with Crippen LogP contribution >= 0.6 is 0 Å². The van der Waals surface area contributed by atoms with Crippen molar-refractivity contribution in [2.75, 3.05) is 6.61 Å². The van der Waals surface area contributed by atoms with Gasteiger partial charge in [0.1, 0.15) is 11.9 Å². The van der Waals surface area contributed by atoms with Crippen molar-refractivity contribution in [2.24, 2.45) is 17.8 Å². The Morgan fingerprint density at radius 3 is 2.28 bits per heavy atom. The van der Waals surface area contributed by atoms with Crippen molar-refractivity contribution in [1.82, 2.24) is 0 Å². The van der Waals surface area contributed by atoms with E-state index in [1.807, 2.05) is 33.0 Å². The third kappa shape index (κ3) is 12.0. The van der Waals surface area contributed by atoms with E-state index in [9.17, 15) is 22.8 Å². The van der Waals surface area contributed by atoms with E-state index in [2.05, 4.69) is 59.2 Å². The Bertz CT molecular complexity index is 1210. The van der Waals surface area contributed by atoms with Crippen molar-refractivity contribution in [1.29, 1.82) is 0 Å². The van der Waals surface area contributed by atoms with E-state index in [1.165, 1.54) is 12.1 Å². The predicted molar refractivity (Wildman–Crippen MR) is 190 cm³/mol. The van der Waals surface area contributed by atoms with Gasteiger partial charge in [0.2, 0.25) is 0 Å². The monoisotopic (exact) mass is 696 g/mol. The number of hydrogen-bond acceptors (Lipinski definition) is 5. The summed E-state index contributed by atoms with van der Waals surface area (Å²) in [6, 6.07) is 4.92. The number of allylic oxidation sites excluding steroid dienone is 2. The van der Waals surface area contributed by atoms with Crippen molar-refractivity contribution >= 4 is 22.6 Å². The van der Waals surface area contributed by atoms with Crippen LogP contribution in [0.4, 0.5) is 13.2 Å². The van der Waals surface area contributed by atoms with Crippen LogP contribution in [0.5, 0.6) is 5.75 Å². The van der Waals surface area contributed by atoms with Gasteiger partial charge in [-0.05, 0) is 80.1 Å². The molecule has 5 atom stereocenters. The minimum absolute atomic E-state index is 0.0304. The van der Waals surface area contributed by atoms with Gasteiger partial charge in [-0.1, -0.05) is 65.0 Å². The quantitative estimate of drug-likeness (QED) is 0.0760. The summed E-state index contributed by atoms with van der Waals surface area (Å²) in [5.74, 6) is -0.442. The second-order valence-electron chi connectivity index (χ2n) is 15.8. The average molecular weight is 697 g/mol. The van der Waals surface area contributed by atoms with Gasteiger partial charge in [-0.25, -0.2) is 0 Å². The number of ether oxygens (including phenoxy) is 2. The minimum atomic E-state index is -4.47. The molecule has 47 heavy (non-hydrogen) atoms. The molecule has 0 aliphatic heterocycles. The standard InChI is InChI=1S/C37H59F3O5Si2/c1-12-14-15-20-34(41)44-32-24-33(45-47(10,11)35(3,4)5)31(30(32)17-13-2)22-21-27(25-36(6,7)46(8,9)42)26-43-29-19-16-18-28(23-29)37(38,39)40/h12-13,16,18-19,21-23,27,30-33,42H,1-2,14-15,17,20,24-26H2,3-11H3/b22-21+/t27-,30+,31+,32-,33+/m0/s1. The molecular weight excluding hydrogens is 638 g/mol. The largest absolute Gasteiger partial charge is 0.493 e. The summed E-state index contributed by atoms with van der Waals surface area (Å²) in [7, 11) is -4.83. The first-order valence-corrected chi connectivity index (χ1v) is 22.7. The van der Waals surface area contributed by atoms with Gasteiger partial charge in [0.15, 0.2) is 16.6 Å². The summed E-state index contributed by atoms with van der Waals surface area (Å²) in [6.07, 6.45) is 6.39. The van der Waals surface area contributed by atoms with E-state index in [0.29, 0.717) is 32.1 Å². The first kappa shape index (κ1) is 41.0. The predicted octanol–water partition coefficient (Wildman–Crippen LogP) is 10.5. The Balaban J connectivity index is 2.48. The van der Waals surface area contributed by atoms with E-state index in [1.54, 1.807) is 6.08 Å². The average Bonchev–Trinajstić information content (AvgIpc) is 3.23. The Kier molecular flexibility index (Phi) is 14.4. The molecule has 1 fully saturated rings. The molecule has 0 aromatic heterocycles. The van der Waals surface area contributed by atoms with Crippen LogP contribution in [0.25, 0.3) is 0 Å². The van der Waals surface area contributed by atoms with Gasteiger partial charge in [0, 0.05) is 30.6 Å². The van der Waals surface area contributed by atoms with E-state index in [4.69, 9.17) is 13.9 Å². The second kappa shape index (κ2) is 16.5. The molecule has 1 saturated carbocycles. The van der Waals surface area contributed by atoms with Gasteiger partial charge in [0.25, 0.3) is 0 Å². The molecule has 0 saturated heterocycles. The fourth-order valence-electron chi connectivity index (χ4n) is 5.63. The third-order valence-corrected chi connectivity index (χ3v) is 18.3. The lowest BCUT2D eigenvalue weighted by molar-refractivity contribution is -0.151. The molecule has 0 spiro atoms. The van der Waals surface area contributed by atoms with Crippen molar-refractivity contribution in [3.63, 3.8) is 0 Å². The first-order chi connectivity index (χ1) is 21.5. The van der Waals surface area contributed by atoms with Crippen molar-refractivity contribution < 1.29 is 36.7 Å². The van der Waals surface area contributed by atoms with Crippen LogP contribution in [0.3, 0.4) is 0 Å². The van der Waals surface area contributed by atoms with Crippen LogP contribution in [0, 0.1) is 17.8 Å². The molecule has 10 heteroatoms. The maximum Gasteiger partial charge on any atom is 0.416 e. The van der Waals surface area contributed by atoms with Crippen LogP contribution in [0.2, 0.25) is 36.3 Å². The fourth-order valence-corrected chi connectivity index (χ4v) is 7.75. The van der Waals surface area contributed by atoms with E-state index in [0.717, 1.165) is 18.6 Å². The topological polar surface area (TPSA) is 65.0 Å². The van der Waals surface area contributed by atoms with E-state index < -0.39 is 33.4 Å². The summed E-state index contributed by atoms with van der Waals surface area (Å²) < 4.78 is 59.3. The number of esters is 1. The van der Waals surface area contributed by atoms with Crippen LogP contribution < -0.4 is 4.74 Å². The molecule has 1 N–H and O–H groups in total. The third-order valence-electron chi connectivity index (χ3n) is 10.3. The van der Waals surface area contributed by atoms with Crippen LogP contribution in [-0.4, -0.2) is 46.2 Å². The lowest BCUT2D eigenvalue weighted by Crippen LogP contribution is -2.45. The van der Waals surface area contributed by atoms with E-state index in [-0.39, 0.29) is 53.3 Å². The molecular formula is C37H59F3O5Si2. The smallest absolute Gasteiger partial charge is 0.416 e. The SMILES string of the molecule is C=CCCCC(=O)O[C@H]1C[C@@H](O[Si](C)(C)C(C)(C)C)[C@H](/C=C/[C@H](COc2cccc(C(F)(F)F)c2)CC(C)(C)[Si](C)(C)O)[C@H]1CC=C. The summed E-state index contributed by atoms with van der Waals surface area (Å²) >= 11 is 0. The number of carbonyl (C=O) groups excluding carboxylic acids is 1. The zero-order chi connectivity index (χ0) is 35.8. The van der Waals surface area contributed by atoms with Gasteiger partial charge < -0.3 is 18.7 Å². The van der Waals surface area contributed by atoms with Crippen LogP contribution in [0.1, 0.15) is 78.7 Å². The zero-order valence-corrected chi connectivity index (χ0v) is 32.1. The number of unbranched alkanes of at least 4 members (excludes halogenated alkanes) is 1. The lowest BCUT2D eigenvalue weighted by atomic mass is 9.88. The number of benzene rings is 1. The highest BCUT2D eigenvalue weighted by Gasteiger charge is 2.49. The minimum Gasteiger partial charge on any atom is -0.493 e. The molecule has 1 aromatic carbocycles. The van der Waals surface area contributed by atoms with Gasteiger partial charge >= 0.3 is 12.1 Å². The summed E-state index contributed by atoms with van der Waals surface area (Å²) in [6.45, 7) is 26.8. The zero-order valence-electron chi connectivity index (χ0n) is 30.1. The van der Waals surface area contributed by atoms with Gasteiger partial charge in [-0.3, -0.25) is 4.79 Å². The van der Waals surface area contributed by atoms with Crippen molar-refractivity contribution in [3.8, 4) is 5.75 Å². The number of rotatable bonds is 17. The van der Waals surface area contributed by atoms with Crippen molar-refractivity contribution in [3.05, 3.63) is 67.3 Å². The number of hydrogen-bond donors (Lipinski definition) is 1.